The van der Waals surface area contributed by atoms with Crippen molar-refractivity contribution < 1.29 is 0 Å². The summed E-state index contributed by atoms with van der Waals surface area (Å²) in [5, 5.41) is 0.654. The minimum absolute atomic E-state index is 0.402. The van der Waals surface area contributed by atoms with E-state index in [1.54, 1.807) is 0 Å². The summed E-state index contributed by atoms with van der Waals surface area (Å²) in [5.41, 5.74) is 10.5. The molecular weight excluding hydrogens is 262 g/mol. The summed E-state index contributed by atoms with van der Waals surface area (Å²) in [5.74, 6) is 2.02. The van der Waals surface area contributed by atoms with Crippen molar-refractivity contribution >= 4 is 11.8 Å². The van der Waals surface area contributed by atoms with Gasteiger partial charge in [-0.05, 0) is 44.6 Å². The maximum Gasteiger partial charge on any atom is 0.0204 e. The third-order valence-electron chi connectivity index (χ3n) is 4.39. The van der Waals surface area contributed by atoms with E-state index in [0.29, 0.717) is 11.3 Å². The second-order valence-electron chi connectivity index (χ2n) is 6.48. The Morgan fingerprint density at radius 2 is 1.85 bits per heavy atom. The molecule has 112 valence electrons. The van der Waals surface area contributed by atoms with Crippen LogP contribution in [0.3, 0.4) is 0 Å². The number of nitrogens with two attached hydrogens (primary N) is 1. The summed E-state index contributed by atoms with van der Waals surface area (Å²) in [6.07, 6.45) is 6.58. The van der Waals surface area contributed by atoms with E-state index in [1.807, 2.05) is 0 Å². The van der Waals surface area contributed by atoms with Gasteiger partial charge in [0, 0.05) is 17.0 Å². The zero-order valence-corrected chi connectivity index (χ0v) is 14.0. The molecule has 0 aliphatic heterocycles. The minimum Gasteiger partial charge on any atom is -0.327 e. The smallest absolute Gasteiger partial charge is 0.0204 e. The molecule has 1 aromatic carbocycles. The maximum atomic E-state index is 6.34. The molecule has 0 bridgehead atoms. The quantitative estimate of drug-likeness (QED) is 0.840. The molecule has 0 spiro atoms. The maximum absolute atomic E-state index is 6.34. The number of thioether (sulfide) groups is 1. The van der Waals surface area contributed by atoms with Crippen LogP contribution in [0.4, 0.5) is 0 Å². The molecule has 1 fully saturated rings. The molecular formula is C18H29NS. The Hall–Kier alpha value is -0.470. The molecule has 2 heteroatoms. The monoisotopic (exact) mass is 291 g/mol. The van der Waals surface area contributed by atoms with Crippen LogP contribution in [-0.4, -0.2) is 11.3 Å². The molecule has 1 aliphatic rings. The van der Waals surface area contributed by atoms with Crippen LogP contribution < -0.4 is 5.73 Å². The van der Waals surface area contributed by atoms with Crippen LogP contribution in [0.5, 0.6) is 0 Å². The van der Waals surface area contributed by atoms with Crippen molar-refractivity contribution in [2.24, 2.45) is 11.7 Å². The normalized spacial score (nSPS) is 26.7. The molecule has 1 aliphatic carbocycles. The average molecular weight is 292 g/mol. The van der Waals surface area contributed by atoms with Crippen molar-refractivity contribution in [3.8, 4) is 0 Å². The van der Waals surface area contributed by atoms with Gasteiger partial charge < -0.3 is 5.73 Å². The first-order valence-corrected chi connectivity index (χ1v) is 9.07. The summed E-state index contributed by atoms with van der Waals surface area (Å²) in [4.78, 5) is 0. The molecule has 2 N–H and O–H groups in total. The van der Waals surface area contributed by atoms with Crippen molar-refractivity contribution in [2.75, 3.05) is 0 Å². The van der Waals surface area contributed by atoms with Crippen molar-refractivity contribution in [3.63, 3.8) is 0 Å². The van der Waals surface area contributed by atoms with E-state index in [9.17, 15) is 0 Å². The van der Waals surface area contributed by atoms with Crippen molar-refractivity contribution in [1.29, 1.82) is 0 Å². The molecule has 0 radical (unpaired) electrons. The predicted molar refractivity (Wildman–Crippen MR) is 91.2 cm³/mol. The lowest BCUT2D eigenvalue weighted by atomic mass is 9.83. The van der Waals surface area contributed by atoms with Gasteiger partial charge in [-0.3, -0.25) is 0 Å². The lowest BCUT2D eigenvalue weighted by molar-refractivity contribution is 0.317. The third kappa shape index (κ3) is 4.53. The Morgan fingerprint density at radius 1 is 1.15 bits per heavy atom. The van der Waals surface area contributed by atoms with Gasteiger partial charge in [-0.15, -0.1) is 0 Å². The van der Waals surface area contributed by atoms with Crippen LogP contribution in [0.15, 0.2) is 18.2 Å². The molecule has 1 saturated carbocycles. The van der Waals surface area contributed by atoms with Gasteiger partial charge in [-0.25, -0.2) is 0 Å². The molecule has 0 heterocycles. The zero-order valence-electron chi connectivity index (χ0n) is 13.2. The summed E-state index contributed by atoms with van der Waals surface area (Å²) in [6.45, 7) is 6.67. The Bertz CT molecular complexity index is 409. The molecule has 3 atom stereocenters. The molecule has 20 heavy (non-hydrogen) atoms. The highest BCUT2D eigenvalue weighted by molar-refractivity contribution is 7.99. The lowest BCUT2D eigenvalue weighted by Crippen LogP contribution is -2.38. The number of hydrogen-bond donors (Lipinski definition) is 1. The van der Waals surface area contributed by atoms with Crippen LogP contribution >= 0.6 is 11.8 Å². The summed E-state index contributed by atoms with van der Waals surface area (Å²) < 4.78 is 0. The predicted octanol–water partition coefficient (Wildman–Crippen LogP) is 4.83. The van der Waals surface area contributed by atoms with E-state index < -0.39 is 0 Å². The van der Waals surface area contributed by atoms with E-state index in [-0.39, 0.29) is 0 Å². The third-order valence-corrected chi connectivity index (χ3v) is 5.86. The van der Waals surface area contributed by atoms with Gasteiger partial charge >= 0.3 is 0 Å². The molecule has 1 aromatic rings. The van der Waals surface area contributed by atoms with Gasteiger partial charge in [-0.2, -0.15) is 11.8 Å². The van der Waals surface area contributed by atoms with Crippen LogP contribution in [0.25, 0.3) is 0 Å². The fourth-order valence-electron chi connectivity index (χ4n) is 3.45. The number of benzene rings is 1. The fraction of sp³-hybridized carbons (Fsp3) is 0.667. The molecule has 1 nitrogen and oxygen atoms in total. The highest BCUT2D eigenvalue weighted by Crippen LogP contribution is 2.35. The fourth-order valence-corrected chi connectivity index (χ4v) is 4.82. The second kappa shape index (κ2) is 7.51. The van der Waals surface area contributed by atoms with Gasteiger partial charge in [-0.1, -0.05) is 49.1 Å². The Kier molecular flexibility index (Phi) is 5.98. The first-order chi connectivity index (χ1) is 9.58. The summed E-state index contributed by atoms with van der Waals surface area (Å²) in [6, 6.07) is 7.28. The molecule has 0 saturated heterocycles. The Morgan fingerprint density at radius 3 is 2.50 bits per heavy atom. The van der Waals surface area contributed by atoms with Gasteiger partial charge in [0.2, 0.25) is 0 Å². The lowest BCUT2D eigenvalue weighted by Gasteiger charge is -2.33. The van der Waals surface area contributed by atoms with Gasteiger partial charge in [0.15, 0.2) is 0 Å². The van der Waals surface area contributed by atoms with E-state index in [0.717, 1.165) is 11.7 Å². The topological polar surface area (TPSA) is 26.0 Å². The minimum atomic E-state index is 0.402. The molecule has 3 unspecified atom stereocenters. The highest BCUT2D eigenvalue weighted by Gasteiger charge is 2.27. The number of rotatable bonds is 5. The van der Waals surface area contributed by atoms with Crippen LogP contribution in [0.1, 0.15) is 55.7 Å². The second-order valence-corrected chi connectivity index (χ2v) is 7.70. The van der Waals surface area contributed by atoms with Crippen molar-refractivity contribution in [3.05, 3.63) is 34.9 Å². The summed E-state index contributed by atoms with van der Waals surface area (Å²) in [7, 11) is 0. The first-order valence-electron chi connectivity index (χ1n) is 8.02. The van der Waals surface area contributed by atoms with E-state index in [4.69, 9.17) is 5.73 Å². The molecule has 0 amide bonds. The van der Waals surface area contributed by atoms with Crippen molar-refractivity contribution in [2.45, 2.75) is 69.9 Å². The number of aryl methyl sites for hydroxylation is 2. The van der Waals surface area contributed by atoms with E-state index >= 15 is 0 Å². The highest BCUT2D eigenvalue weighted by atomic mass is 32.2. The van der Waals surface area contributed by atoms with Gasteiger partial charge in [0.1, 0.15) is 0 Å². The Labute approximate surface area is 128 Å². The van der Waals surface area contributed by atoms with Gasteiger partial charge in [0.05, 0.1) is 0 Å². The number of hydrogen-bond acceptors (Lipinski definition) is 2. The van der Waals surface area contributed by atoms with E-state index in [2.05, 4.69) is 50.7 Å². The largest absolute Gasteiger partial charge is 0.327 e. The Balaban J connectivity index is 1.91. The average Bonchev–Trinajstić information content (AvgIpc) is 2.38. The zero-order chi connectivity index (χ0) is 14.5. The summed E-state index contributed by atoms with van der Waals surface area (Å²) >= 11 is 2.08. The first kappa shape index (κ1) is 15.9. The van der Waals surface area contributed by atoms with Gasteiger partial charge in [0.25, 0.3) is 0 Å². The van der Waals surface area contributed by atoms with Crippen LogP contribution in [-0.2, 0) is 5.75 Å². The van der Waals surface area contributed by atoms with Crippen LogP contribution in [0, 0.1) is 19.8 Å². The standard InChI is InChI=1S/C18H29NS/c1-4-5-15-6-7-17(19)18(11-15)20-12-16-9-13(2)8-14(3)10-16/h8-10,15,17-18H,4-7,11-12,19H2,1-3H3. The molecule has 0 aromatic heterocycles. The molecule has 2 rings (SSSR count). The van der Waals surface area contributed by atoms with E-state index in [1.165, 1.54) is 48.8 Å². The SMILES string of the molecule is CCCC1CCC(N)C(SCc2cc(C)cc(C)c2)C1. The van der Waals surface area contributed by atoms with Crippen molar-refractivity contribution in [1.82, 2.24) is 0 Å². The van der Waals surface area contributed by atoms with Crippen LogP contribution in [0.2, 0.25) is 0 Å².